The van der Waals surface area contributed by atoms with Crippen LogP contribution in [0.5, 0.6) is 0 Å². The van der Waals surface area contributed by atoms with Crippen molar-refractivity contribution in [3.05, 3.63) is 164 Å². The zero-order valence-electron chi connectivity index (χ0n) is 26.3. The van der Waals surface area contributed by atoms with E-state index in [2.05, 4.69) is 121 Å². The maximum atomic E-state index is 6.55. The van der Waals surface area contributed by atoms with Crippen LogP contribution >= 0.6 is 0 Å². The molecule has 0 spiro atoms. The summed E-state index contributed by atoms with van der Waals surface area (Å²) in [6.07, 6.45) is 0. The number of nitrogens with zero attached hydrogens (tertiary/aromatic N) is 3. The van der Waals surface area contributed by atoms with Crippen molar-refractivity contribution < 1.29 is 4.42 Å². The molecule has 0 atom stereocenters. The average Bonchev–Trinajstić information content (AvgIpc) is 3.54. The Labute approximate surface area is 282 Å². The van der Waals surface area contributed by atoms with Crippen LogP contribution in [0.1, 0.15) is 0 Å². The van der Waals surface area contributed by atoms with Gasteiger partial charge in [0.1, 0.15) is 11.2 Å². The van der Waals surface area contributed by atoms with Crippen molar-refractivity contribution in [1.82, 2.24) is 15.0 Å². The number of rotatable bonds is 4. The van der Waals surface area contributed by atoms with Gasteiger partial charge in [-0.05, 0) is 67.7 Å². The van der Waals surface area contributed by atoms with Crippen LogP contribution in [0.4, 0.5) is 0 Å². The van der Waals surface area contributed by atoms with Gasteiger partial charge >= 0.3 is 0 Å². The van der Waals surface area contributed by atoms with Gasteiger partial charge < -0.3 is 4.42 Å². The minimum atomic E-state index is 0.608. The zero-order valence-corrected chi connectivity index (χ0v) is 26.3. The lowest BCUT2D eigenvalue weighted by molar-refractivity contribution is 0.669. The molecule has 0 aliphatic rings. The SMILES string of the molecule is c1ccc(-c2nc(-c3cccc4ccccc34)nc(-c3cccc4oc5cc6cc(-c7cccc8ccccc78)ccc6cc5c34)n2)cc1. The van der Waals surface area contributed by atoms with E-state index in [1.54, 1.807) is 0 Å². The molecule has 2 heterocycles. The summed E-state index contributed by atoms with van der Waals surface area (Å²) < 4.78 is 6.55. The van der Waals surface area contributed by atoms with E-state index >= 15 is 0 Å². The number of hydrogen-bond donors (Lipinski definition) is 0. The molecular formula is C45H27N3O. The number of aromatic nitrogens is 3. The average molecular weight is 626 g/mol. The highest BCUT2D eigenvalue weighted by atomic mass is 16.3. The molecule has 49 heavy (non-hydrogen) atoms. The van der Waals surface area contributed by atoms with Crippen molar-refractivity contribution in [3.8, 4) is 45.3 Å². The van der Waals surface area contributed by atoms with E-state index in [0.29, 0.717) is 17.5 Å². The van der Waals surface area contributed by atoms with Crippen LogP contribution in [-0.2, 0) is 0 Å². The van der Waals surface area contributed by atoms with Crippen LogP contribution in [0.3, 0.4) is 0 Å². The summed E-state index contributed by atoms with van der Waals surface area (Å²) in [5, 5.41) is 9.01. The molecule has 8 aromatic carbocycles. The molecule has 0 N–H and O–H groups in total. The molecule has 4 nitrogen and oxygen atoms in total. The second kappa shape index (κ2) is 11.0. The Morgan fingerprint density at radius 3 is 1.73 bits per heavy atom. The van der Waals surface area contributed by atoms with Crippen LogP contribution < -0.4 is 0 Å². The van der Waals surface area contributed by atoms with Gasteiger partial charge in [-0.1, -0.05) is 140 Å². The van der Waals surface area contributed by atoms with Crippen LogP contribution in [0, 0.1) is 0 Å². The number of furan rings is 1. The molecular weight excluding hydrogens is 599 g/mol. The lowest BCUT2D eigenvalue weighted by Crippen LogP contribution is -2.00. The molecule has 0 bridgehead atoms. The van der Waals surface area contributed by atoms with Crippen LogP contribution in [-0.4, -0.2) is 15.0 Å². The van der Waals surface area contributed by atoms with Crippen molar-refractivity contribution in [2.75, 3.05) is 0 Å². The number of benzene rings is 8. The highest BCUT2D eigenvalue weighted by Crippen LogP contribution is 2.40. The third-order valence-electron chi connectivity index (χ3n) is 9.49. The summed E-state index contributed by atoms with van der Waals surface area (Å²) in [6, 6.07) is 57.0. The fraction of sp³-hybridized carbons (Fsp3) is 0. The molecule has 10 rings (SSSR count). The molecule has 0 unspecified atom stereocenters. The van der Waals surface area contributed by atoms with Crippen molar-refractivity contribution in [3.63, 3.8) is 0 Å². The minimum absolute atomic E-state index is 0.608. The standard InChI is InChI=1S/C45H27N3O/c1-2-13-30(14-3-1)43-46-44(37-20-9-16-29-12-5-7-18-35(29)37)48-45(47-43)38-21-10-22-40-42(38)39-26-31-23-24-32(25-33(31)27-41(39)49-40)36-19-8-15-28-11-4-6-17-34(28)36/h1-27H. The largest absolute Gasteiger partial charge is 0.456 e. The van der Waals surface area contributed by atoms with E-state index in [0.717, 1.165) is 60.2 Å². The summed E-state index contributed by atoms with van der Waals surface area (Å²) in [5.41, 5.74) is 6.84. The van der Waals surface area contributed by atoms with Crippen LogP contribution in [0.15, 0.2) is 168 Å². The third-order valence-corrected chi connectivity index (χ3v) is 9.49. The van der Waals surface area contributed by atoms with E-state index in [9.17, 15) is 0 Å². The van der Waals surface area contributed by atoms with Gasteiger partial charge in [0.05, 0.1) is 0 Å². The number of fused-ring (bicyclic) bond motifs is 6. The van der Waals surface area contributed by atoms with Crippen molar-refractivity contribution in [2.45, 2.75) is 0 Å². The van der Waals surface area contributed by atoms with Gasteiger partial charge in [-0.3, -0.25) is 0 Å². The topological polar surface area (TPSA) is 51.8 Å². The van der Waals surface area contributed by atoms with Crippen LogP contribution in [0.25, 0.3) is 99.5 Å². The van der Waals surface area contributed by atoms with E-state index in [1.165, 1.54) is 21.9 Å². The Balaban J connectivity index is 1.18. The van der Waals surface area contributed by atoms with Gasteiger partial charge in [-0.25, -0.2) is 15.0 Å². The van der Waals surface area contributed by atoms with E-state index < -0.39 is 0 Å². The molecule has 0 saturated heterocycles. The maximum absolute atomic E-state index is 6.55. The summed E-state index contributed by atoms with van der Waals surface area (Å²) in [4.78, 5) is 15.3. The molecule has 0 aliphatic carbocycles. The van der Waals surface area contributed by atoms with Gasteiger partial charge in [0, 0.05) is 27.5 Å². The zero-order chi connectivity index (χ0) is 32.3. The maximum Gasteiger partial charge on any atom is 0.164 e. The molecule has 0 amide bonds. The van der Waals surface area contributed by atoms with Gasteiger partial charge in [-0.15, -0.1) is 0 Å². The van der Waals surface area contributed by atoms with Crippen molar-refractivity contribution in [1.29, 1.82) is 0 Å². The normalized spacial score (nSPS) is 11.7. The quantitative estimate of drug-likeness (QED) is 0.195. The Bertz CT molecular complexity index is 2880. The van der Waals surface area contributed by atoms with Crippen LogP contribution in [0.2, 0.25) is 0 Å². The fourth-order valence-corrected chi connectivity index (χ4v) is 7.15. The smallest absolute Gasteiger partial charge is 0.164 e. The lowest BCUT2D eigenvalue weighted by Gasteiger charge is -2.11. The van der Waals surface area contributed by atoms with E-state index in [1.807, 2.05) is 42.5 Å². The highest BCUT2D eigenvalue weighted by Gasteiger charge is 2.19. The van der Waals surface area contributed by atoms with Gasteiger partial charge in [0.2, 0.25) is 0 Å². The Morgan fingerprint density at radius 1 is 0.327 bits per heavy atom. The molecule has 4 heteroatoms. The molecule has 0 aliphatic heterocycles. The first kappa shape index (κ1) is 27.5. The molecule has 228 valence electrons. The molecule has 0 fully saturated rings. The molecule has 10 aromatic rings. The molecule has 0 radical (unpaired) electrons. The predicted octanol–water partition coefficient (Wildman–Crippen LogP) is 11.9. The molecule has 2 aromatic heterocycles. The second-order valence-corrected chi connectivity index (χ2v) is 12.4. The monoisotopic (exact) mass is 625 g/mol. The predicted molar refractivity (Wildman–Crippen MR) is 201 cm³/mol. The summed E-state index contributed by atoms with van der Waals surface area (Å²) >= 11 is 0. The first-order valence-electron chi connectivity index (χ1n) is 16.4. The Morgan fingerprint density at radius 2 is 0.939 bits per heavy atom. The van der Waals surface area contributed by atoms with Gasteiger partial charge in [0.25, 0.3) is 0 Å². The Kier molecular flexibility index (Phi) is 6.15. The van der Waals surface area contributed by atoms with Crippen molar-refractivity contribution in [2.24, 2.45) is 0 Å². The van der Waals surface area contributed by atoms with Gasteiger partial charge in [0.15, 0.2) is 17.5 Å². The second-order valence-electron chi connectivity index (χ2n) is 12.4. The van der Waals surface area contributed by atoms with E-state index in [4.69, 9.17) is 19.4 Å². The highest BCUT2D eigenvalue weighted by molar-refractivity contribution is 6.15. The van der Waals surface area contributed by atoms with Crippen molar-refractivity contribution >= 4 is 54.3 Å². The number of hydrogen-bond acceptors (Lipinski definition) is 4. The summed E-state index contributed by atoms with van der Waals surface area (Å²) in [5.74, 6) is 1.87. The Hall–Kier alpha value is -6.65. The van der Waals surface area contributed by atoms with E-state index in [-0.39, 0.29) is 0 Å². The first-order valence-corrected chi connectivity index (χ1v) is 16.4. The summed E-state index contributed by atoms with van der Waals surface area (Å²) in [6.45, 7) is 0. The lowest BCUT2D eigenvalue weighted by atomic mass is 9.95. The third kappa shape index (κ3) is 4.57. The fourth-order valence-electron chi connectivity index (χ4n) is 7.15. The first-order chi connectivity index (χ1) is 24.3. The summed E-state index contributed by atoms with van der Waals surface area (Å²) in [7, 11) is 0. The minimum Gasteiger partial charge on any atom is -0.456 e. The van der Waals surface area contributed by atoms with Gasteiger partial charge in [-0.2, -0.15) is 0 Å². The molecule has 0 saturated carbocycles.